The second-order valence-electron chi connectivity index (χ2n) is 5.06. The molecule has 0 aliphatic carbocycles. The number of carbonyl (C=O) groups is 1. The van der Waals surface area contributed by atoms with Gasteiger partial charge in [-0.3, -0.25) is 4.79 Å². The number of methoxy groups -OCH3 is 1. The molecular weight excluding hydrogens is 244 g/mol. The standard InChI is InChI=1S/C14H20N2O3/c1-9-14(2,7-8-19-9)16-13(17)10-5-4-6-11(15)12(10)18-3/h4-6,9H,7-8,15H2,1-3H3,(H,16,17). The Hall–Kier alpha value is -1.75. The predicted octanol–water partition coefficient (Wildman–Crippen LogP) is 1.57. The molecule has 0 saturated carbocycles. The second kappa shape index (κ2) is 5.09. The number of para-hydroxylation sites is 1. The fourth-order valence-electron chi connectivity index (χ4n) is 2.29. The van der Waals surface area contributed by atoms with Crippen molar-refractivity contribution in [3.05, 3.63) is 23.8 Å². The van der Waals surface area contributed by atoms with E-state index in [0.717, 1.165) is 6.42 Å². The summed E-state index contributed by atoms with van der Waals surface area (Å²) in [7, 11) is 1.51. The average molecular weight is 264 g/mol. The maximum absolute atomic E-state index is 12.4. The number of amides is 1. The zero-order valence-electron chi connectivity index (χ0n) is 11.5. The number of anilines is 1. The van der Waals surface area contributed by atoms with Crippen LogP contribution in [0.3, 0.4) is 0 Å². The van der Waals surface area contributed by atoms with Gasteiger partial charge in [0.25, 0.3) is 5.91 Å². The first kappa shape index (κ1) is 13.7. The van der Waals surface area contributed by atoms with E-state index < -0.39 is 0 Å². The minimum atomic E-state index is -0.354. The number of ether oxygens (including phenoxy) is 2. The van der Waals surface area contributed by atoms with Crippen LogP contribution in [0.5, 0.6) is 5.75 Å². The number of nitrogens with one attached hydrogen (secondary N) is 1. The molecule has 1 heterocycles. The number of rotatable bonds is 3. The number of benzene rings is 1. The van der Waals surface area contributed by atoms with Crippen LogP contribution in [0.25, 0.3) is 0 Å². The molecule has 0 radical (unpaired) electrons. The Bertz CT molecular complexity index is 490. The van der Waals surface area contributed by atoms with E-state index in [9.17, 15) is 4.79 Å². The molecule has 0 aromatic heterocycles. The number of carbonyl (C=O) groups excluding carboxylic acids is 1. The number of hydrogen-bond donors (Lipinski definition) is 2. The lowest BCUT2D eigenvalue weighted by atomic mass is 9.94. The highest BCUT2D eigenvalue weighted by Crippen LogP contribution is 2.29. The largest absolute Gasteiger partial charge is 0.494 e. The molecule has 1 aliphatic heterocycles. The molecule has 2 atom stereocenters. The van der Waals surface area contributed by atoms with Crippen LogP contribution in [0.1, 0.15) is 30.6 Å². The molecular formula is C14H20N2O3. The molecule has 1 aromatic rings. The van der Waals surface area contributed by atoms with Gasteiger partial charge in [-0.25, -0.2) is 0 Å². The SMILES string of the molecule is COc1c(N)cccc1C(=O)NC1(C)CCOC1C. The summed E-state index contributed by atoms with van der Waals surface area (Å²) in [5.74, 6) is 0.221. The third-order valence-electron chi connectivity index (χ3n) is 3.78. The van der Waals surface area contributed by atoms with Gasteiger partial charge in [0, 0.05) is 6.61 Å². The van der Waals surface area contributed by atoms with E-state index in [1.54, 1.807) is 18.2 Å². The molecule has 1 aliphatic rings. The molecule has 1 saturated heterocycles. The van der Waals surface area contributed by atoms with Crippen LogP contribution in [-0.2, 0) is 4.74 Å². The minimum Gasteiger partial charge on any atom is -0.494 e. The zero-order chi connectivity index (χ0) is 14.0. The van der Waals surface area contributed by atoms with E-state index in [1.165, 1.54) is 7.11 Å². The molecule has 1 aromatic carbocycles. The summed E-state index contributed by atoms with van der Waals surface area (Å²) in [4.78, 5) is 12.4. The summed E-state index contributed by atoms with van der Waals surface area (Å²) in [6, 6.07) is 5.15. The fourth-order valence-corrected chi connectivity index (χ4v) is 2.29. The van der Waals surface area contributed by atoms with Crippen molar-refractivity contribution in [1.82, 2.24) is 5.32 Å². The van der Waals surface area contributed by atoms with Crippen molar-refractivity contribution in [3.8, 4) is 5.75 Å². The first-order chi connectivity index (χ1) is 8.98. The van der Waals surface area contributed by atoms with Crippen molar-refractivity contribution >= 4 is 11.6 Å². The summed E-state index contributed by atoms with van der Waals surface area (Å²) in [6.07, 6.45) is 0.786. The van der Waals surface area contributed by atoms with Gasteiger partial charge in [0.1, 0.15) is 0 Å². The Morgan fingerprint density at radius 1 is 1.58 bits per heavy atom. The highest BCUT2D eigenvalue weighted by atomic mass is 16.5. The molecule has 0 bridgehead atoms. The first-order valence-electron chi connectivity index (χ1n) is 6.34. The van der Waals surface area contributed by atoms with E-state index in [4.69, 9.17) is 15.2 Å². The Kier molecular flexibility index (Phi) is 3.66. The van der Waals surface area contributed by atoms with Gasteiger partial charge in [0.05, 0.1) is 30.0 Å². The summed E-state index contributed by atoms with van der Waals surface area (Å²) in [5.41, 5.74) is 6.36. The molecule has 104 valence electrons. The van der Waals surface area contributed by atoms with E-state index in [1.807, 2.05) is 13.8 Å². The summed E-state index contributed by atoms with van der Waals surface area (Å²) < 4.78 is 10.7. The number of nitrogen functional groups attached to an aromatic ring is 1. The van der Waals surface area contributed by atoms with Crippen molar-refractivity contribution in [2.45, 2.75) is 31.9 Å². The van der Waals surface area contributed by atoms with Crippen LogP contribution in [0, 0.1) is 0 Å². The first-order valence-corrected chi connectivity index (χ1v) is 6.34. The fraction of sp³-hybridized carbons (Fsp3) is 0.500. The molecule has 5 heteroatoms. The molecule has 1 amide bonds. The van der Waals surface area contributed by atoms with Crippen molar-refractivity contribution in [2.24, 2.45) is 0 Å². The maximum Gasteiger partial charge on any atom is 0.255 e. The second-order valence-corrected chi connectivity index (χ2v) is 5.06. The lowest BCUT2D eigenvalue weighted by molar-refractivity contribution is 0.0725. The zero-order valence-corrected chi connectivity index (χ0v) is 11.5. The van der Waals surface area contributed by atoms with Gasteiger partial charge in [-0.05, 0) is 32.4 Å². The highest BCUT2D eigenvalue weighted by Gasteiger charge is 2.38. The van der Waals surface area contributed by atoms with Crippen molar-refractivity contribution in [3.63, 3.8) is 0 Å². The topological polar surface area (TPSA) is 73.6 Å². The summed E-state index contributed by atoms with van der Waals surface area (Å²) in [6.45, 7) is 4.61. The van der Waals surface area contributed by atoms with Crippen LogP contribution in [0.15, 0.2) is 18.2 Å². The summed E-state index contributed by atoms with van der Waals surface area (Å²) in [5, 5.41) is 3.02. The van der Waals surface area contributed by atoms with Gasteiger partial charge in [0.2, 0.25) is 0 Å². The number of hydrogen-bond acceptors (Lipinski definition) is 4. The van der Waals surface area contributed by atoms with E-state index >= 15 is 0 Å². The van der Waals surface area contributed by atoms with Gasteiger partial charge < -0.3 is 20.5 Å². The van der Waals surface area contributed by atoms with Crippen molar-refractivity contribution in [2.75, 3.05) is 19.5 Å². The summed E-state index contributed by atoms with van der Waals surface area (Å²) >= 11 is 0. The molecule has 5 nitrogen and oxygen atoms in total. The molecule has 3 N–H and O–H groups in total. The molecule has 2 unspecified atom stereocenters. The van der Waals surface area contributed by atoms with Crippen molar-refractivity contribution < 1.29 is 14.3 Å². The van der Waals surface area contributed by atoms with Crippen LogP contribution in [0.4, 0.5) is 5.69 Å². The van der Waals surface area contributed by atoms with Gasteiger partial charge in [0.15, 0.2) is 5.75 Å². The van der Waals surface area contributed by atoms with Gasteiger partial charge in [-0.15, -0.1) is 0 Å². The quantitative estimate of drug-likeness (QED) is 0.813. The third kappa shape index (κ3) is 2.51. The normalized spacial score (nSPS) is 26.2. The van der Waals surface area contributed by atoms with E-state index in [-0.39, 0.29) is 17.6 Å². The molecule has 0 spiro atoms. The van der Waals surface area contributed by atoms with Crippen LogP contribution >= 0.6 is 0 Å². The van der Waals surface area contributed by atoms with E-state index in [2.05, 4.69) is 5.32 Å². The third-order valence-corrected chi connectivity index (χ3v) is 3.78. The average Bonchev–Trinajstić information content (AvgIpc) is 2.69. The van der Waals surface area contributed by atoms with Gasteiger partial charge in [-0.2, -0.15) is 0 Å². The monoisotopic (exact) mass is 264 g/mol. The molecule has 19 heavy (non-hydrogen) atoms. The Morgan fingerprint density at radius 2 is 2.32 bits per heavy atom. The van der Waals surface area contributed by atoms with Crippen molar-refractivity contribution in [1.29, 1.82) is 0 Å². The van der Waals surface area contributed by atoms with E-state index in [0.29, 0.717) is 23.6 Å². The predicted molar refractivity (Wildman–Crippen MR) is 73.3 cm³/mol. The molecule has 1 fully saturated rings. The number of nitrogens with two attached hydrogens (primary N) is 1. The minimum absolute atomic E-state index is 0.0106. The molecule has 2 rings (SSSR count). The van der Waals surface area contributed by atoms with Crippen LogP contribution in [0.2, 0.25) is 0 Å². The van der Waals surface area contributed by atoms with Crippen LogP contribution < -0.4 is 15.8 Å². The van der Waals surface area contributed by atoms with Gasteiger partial charge in [-0.1, -0.05) is 6.07 Å². The lowest BCUT2D eigenvalue weighted by Crippen LogP contribution is -2.50. The van der Waals surface area contributed by atoms with Crippen LogP contribution in [-0.4, -0.2) is 31.3 Å². The lowest BCUT2D eigenvalue weighted by Gasteiger charge is -2.29. The Labute approximate surface area is 113 Å². The van der Waals surface area contributed by atoms with Gasteiger partial charge >= 0.3 is 0 Å². The Morgan fingerprint density at radius 3 is 2.89 bits per heavy atom. The Balaban J connectivity index is 2.23. The smallest absolute Gasteiger partial charge is 0.255 e. The maximum atomic E-state index is 12.4. The highest BCUT2D eigenvalue weighted by molar-refractivity contribution is 5.99.